The molecule has 5 nitrogen and oxygen atoms in total. The van der Waals surface area contributed by atoms with E-state index in [1.165, 1.54) is 12.1 Å². The fraction of sp³-hybridized carbons (Fsp3) is 0.0500. The molecule has 0 saturated carbocycles. The van der Waals surface area contributed by atoms with E-state index in [0.29, 0.717) is 21.8 Å². The minimum absolute atomic E-state index is 0.565. The lowest BCUT2D eigenvalue weighted by Crippen LogP contribution is -2.04. The number of fused-ring (bicyclic) bond motifs is 1. The van der Waals surface area contributed by atoms with Crippen molar-refractivity contribution in [3.8, 4) is 11.3 Å². The number of benzene rings is 2. The number of nitrogens with zero attached hydrogens (tertiary/aromatic N) is 3. The zero-order valence-corrected chi connectivity index (χ0v) is 15.5. The summed E-state index contributed by atoms with van der Waals surface area (Å²) in [5.41, 5.74) is 5.47. The minimum atomic E-state index is -4.38. The fourth-order valence-corrected chi connectivity index (χ4v) is 3.01. The molecule has 2 aromatic heterocycles. The molecule has 0 radical (unpaired) electrons. The summed E-state index contributed by atoms with van der Waals surface area (Å²) in [6, 6.07) is 12.0. The Balaban J connectivity index is 1.56. The van der Waals surface area contributed by atoms with Crippen LogP contribution < -0.4 is 5.43 Å². The van der Waals surface area contributed by atoms with Gasteiger partial charge in [0.1, 0.15) is 0 Å². The van der Waals surface area contributed by atoms with Gasteiger partial charge in [0.25, 0.3) is 0 Å². The van der Waals surface area contributed by atoms with Crippen molar-refractivity contribution in [1.29, 1.82) is 0 Å². The Kier molecular flexibility index (Phi) is 4.94. The molecule has 0 amide bonds. The summed E-state index contributed by atoms with van der Waals surface area (Å²) in [5.74, 6) is 0. The first kappa shape index (κ1) is 18.9. The van der Waals surface area contributed by atoms with Crippen LogP contribution in [0.2, 0.25) is 5.02 Å². The Morgan fingerprint density at radius 2 is 1.86 bits per heavy atom. The lowest BCUT2D eigenvalue weighted by molar-refractivity contribution is -0.137. The number of aromatic amines is 1. The fourth-order valence-electron chi connectivity index (χ4n) is 2.84. The van der Waals surface area contributed by atoms with Crippen LogP contribution in [0.15, 0.2) is 66.0 Å². The Morgan fingerprint density at radius 1 is 1.07 bits per heavy atom. The van der Waals surface area contributed by atoms with Gasteiger partial charge in [-0.3, -0.25) is 15.5 Å². The number of halogens is 4. The van der Waals surface area contributed by atoms with E-state index in [4.69, 9.17) is 11.6 Å². The molecule has 2 heterocycles. The molecule has 2 N–H and O–H groups in total. The van der Waals surface area contributed by atoms with Crippen molar-refractivity contribution in [2.75, 3.05) is 5.43 Å². The summed E-state index contributed by atoms with van der Waals surface area (Å²) < 4.78 is 38.2. The second kappa shape index (κ2) is 7.56. The molecule has 0 aliphatic carbocycles. The van der Waals surface area contributed by atoms with Crippen molar-refractivity contribution >= 4 is 34.4 Å². The van der Waals surface area contributed by atoms with E-state index in [-0.39, 0.29) is 0 Å². The molecule has 29 heavy (non-hydrogen) atoms. The highest BCUT2D eigenvalue weighted by Gasteiger charge is 2.30. The van der Waals surface area contributed by atoms with Crippen LogP contribution in [0, 0.1) is 0 Å². The Bertz CT molecular complexity index is 1180. The zero-order valence-electron chi connectivity index (χ0n) is 14.7. The molecule has 0 atom stereocenters. The SMILES string of the molecule is FC(F)(F)c1ccc(-c2[nH]ncc2/C=N/Nc2ccnc3cc(Cl)ccc23)cc1. The van der Waals surface area contributed by atoms with Gasteiger partial charge in [-0.1, -0.05) is 23.7 Å². The van der Waals surface area contributed by atoms with Crippen LogP contribution in [0.1, 0.15) is 11.1 Å². The van der Waals surface area contributed by atoms with Crippen molar-refractivity contribution in [3.05, 3.63) is 77.1 Å². The first-order chi connectivity index (χ1) is 13.9. The van der Waals surface area contributed by atoms with E-state index in [0.717, 1.165) is 28.7 Å². The standard InChI is InChI=1S/C20H13ClF3N5/c21-15-5-6-16-17(7-8-25-18(16)9-15)28-26-10-13-11-27-29-19(13)12-1-3-14(4-2-12)20(22,23)24/h1-11H,(H,25,28)(H,27,29)/b26-10+. The van der Waals surface area contributed by atoms with Gasteiger partial charge in [-0.25, -0.2) is 0 Å². The lowest BCUT2D eigenvalue weighted by Gasteiger charge is -2.07. The summed E-state index contributed by atoms with van der Waals surface area (Å²) in [4.78, 5) is 4.27. The summed E-state index contributed by atoms with van der Waals surface area (Å²) in [6.07, 6.45) is 0.349. The summed E-state index contributed by atoms with van der Waals surface area (Å²) in [5, 5.41) is 12.4. The van der Waals surface area contributed by atoms with Crippen LogP contribution in [-0.2, 0) is 6.18 Å². The van der Waals surface area contributed by atoms with E-state index in [9.17, 15) is 13.2 Å². The molecular formula is C20H13ClF3N5. The third-order valence-electron chi connectivity index (χ3n) is 4.26. The maximum absolute atomic E-state index is 12.7. The Morgan fingerprint density at radius 3 is 2.62 bits per heavy atom. The first-order valence-corrected chi connectivity index (χ1v) is 8.84. The molecule has 0 unspecified atom stereocenters. The molecule has 146 valence electrons. The van der Waals surface area contributed by atoms with Gasteiger partial charge in [-0.15, -0.1) is 0 Å². The van der Waals surface area contributed by atoms with Crippen LogP contribution in [0.3, 0.4) is 0 Å². The van der Waals surface area contributed by atoms with Crippen molar-refractivity contribution < 1.29 is 13.2 Å². The smallest absolute Gasteiger partial charge is 0.278 e. The molecule has 0 bridgehead atoms. The molecule has 0 aliphatic heterocycles. The first-order valence-electron chi connectivity index (χ1n) is 8.46. The van der Waals surface area contributed by atoms with Crippen LogP contribution in [-0.4, -0.2) is 21.4 Å². The summed E-state index contributed by atoms with van der Waals surface area (Å²) >= 11 is 5.99. The minimum Gasteiger partial charge on any atom is -0.278 e. The highest BCUT2D eigenvalue weighted by Crippen LogP contribution is 2.31. The molecule has 0 fully saturated rings. The third kappa shape index (κ3) is 4.07. The number of H-pyrrole nitrogens is 1. The molecule has 9 heteroatoms. The summed E-state index contributed by atoms with van der Waals surface area (Å²) in [7, 11) is 0. The maximum Gasteiger partial charge on any atom is 0.416 e. The van der Waals surface area contributed by atoms with Gasteiger partial charge in [-0.2, -0.15) is 23.4 Å². The van der Waals surface area contributed by atoms with E-state index in [1.807, 2.05) is 6.07 Å². The molecule has 0 aliphatic rings. The van der Waals surface area contributed by atoms with E-state index in [2.05, 4.69) is 25.7 Å². The van der Waals surface area contributed by atoms with Crippen LogP contribution >= 0.6 is 11.6 Å². The van der Waals surface area contributed by atoms with Crippen molar-refractivity contribution in [1.82, 2.24) is 15.2 Å². The number of pyridine rings is 1. The van der Waals surface area contributed by atoms with E-state index >= 15 is 0 Å². The molecule has 2 aromatic carbocycles. The zero-order chi connectivity index (χ0) is 20.4. The number of aromatic nitrogens is 3. The average Bonchev–Trinajstić information content (AvgIpc) is 3.16. The topological polar surface area (TPSA) is 66.0 Å². The van der Waals surface area contributed by atoms with Crippen LogP contribution in [0.4, 0.5) is 18.9 Å². The quantitative estimate of drug-likeness (QED) is 0.330. The Labute approximate surface area is 168 Å². The molecule has 0 spiro atoms. The molecule has 4 aromatic rings. The van der Waals surface area contributed by atoms with Gasteiger partial charge in [0, 0.05) is 27.7 Å². The normalized spacial score (nSPS) is 12.0. The van der Waals surface area contributed by atoms with E-state index < -0.39 is 11.7 Å². The molecular weight excluding hydrogens is 403 g/mol. The lowest BCUT2D eigenvalue weighted by atomic mass is 10.1. The van der Waals surface area contributed by atoms with Gasteiger partial charge >= 0.3 is 6.18 Å². The number of anilines is 1. The predicted molar refractivity (Wildman–Crippen MR) is 107 cm³/mol. The number of hydrogen-bond acceptors (Lipinski definition) is 4. The maximum atomic E-state index is 12.7. The number of hydrazone groups is 1. The highest BCUT2D eigenvalue weighted by atomic mass is 35.5. The van der Waals surface area contributed by atoms with Crippen molar-refractivity contribution in [3.63, 3.8) is 0 Å². The van der Waals surface area contributed by atoms with Gasteiger partial charge in [-0.05, 0) is 36.4 Å². The largest absolute Gasteiger partial charge is 0.416 e. The second-order valence-electron chi connectivity index (χ2n) is 6.17. The Hall–Kier alpha value is -3.39. The highest BCUT2D eigenvalue weighted by molar-refractivity contribution is 6.31. The number of alkyl halides is 3. The van der Waals surface area contributed by atoms with E-state index in [1.54, 1.807) is 36.8 Å². The van der Waals surface area contributed by atoms with Crippen LogP contribution in [0.25, 0.3) is 22.2 Å². The van der Waals surface area contributed by atoms with Gasteiger partial charge in [0.05, 0.1) is 34.9 Å². The van der Waals surface area contributed by atoms with Crippen molar-refractivity contribution in [2.24, 2.45) is 5.10 Å². The number of hydrogen-bond donors (Lipinski definition) is 2. The number of nitrogens with one attached hydrogen (secondary N) is 2. The molecule has 4 rings (SSSR count). The van der Waals surface area contributed by atoms with Gasteiger partial charge < -0.3 is 0 Å². The van der Waals surface area contributed by atoms with Crippen LogP contribution in [0.5, 0.6) is 0 Å². The van der Waals surface area contributed by atoms with Gasteiger partial charge in [0.2, 0.25) is 0 Å². The molecule has 0 saturated heterocycles. The summed E-state index contributed by atoms with van der Waals surface area (Å²) in [6.45, 7) is 0. The van der Waals surface area contributed by atoms with Crippen molar-refractivity contribution in [2.45, 2.75) is 6.18 Å². The monoisotopic (exact) mass is 415 g/mol. The van der Waals surface area contributed by atoms with Gasteiger partial charge in [0.15, 0.2) is 0 Å². The number of rotatable bonds is 4. The third-order valence-corrected chi connectivity index (χ3v) is 4.50. The predicted octanol–water partition coefficient (Wildman–Crippen LogP) is 5.74. The average molecular weight is 416 g/mol. The second-order valence-corrected chi connectivity index (χ2v) is 6.60.